The first-order valence-electron chi connectivity index (χ1n) is 9.87. The van der Waals surface area contributed by atoms with Gasteiger partial charge in [-0.1, -0.05) is 12.1 Å². The first-order valence-corrected chi connectivity index (χ1v) is 9.87. The molecule has 1 aromatic carbocycles. The number of hydrogen-bond donors (Lipinski definition) is 2. The van der Waals surface area contributed by atoms with Gasteiger partial charge in [0.05, 0.1) is 12.6 Å². The number of likely N-dealkylation sites (tertiary alicyclic amines) is 1. The third-order valence-electron chi connectivity index (χ3n) is 4.67. The van der Waals surface area contributed by atoms with Crippen LogP contribution in [0.5, 0.6) is 5.75 Å². The van der Waals surface area contributed by atoms with Crippen molar-refractivity contribution in [3.63, 3.8) is 0 Å². The Bertz CT molecular complexity index is 583. The molecule has 8 heteroatoms. The Morgan fingerprint density at radius 2 is 2.07 bits per heavy atom. The summed E-state index contributed by atoms with van der Waals surface area (Å²) >= 11 is 0. The highest BCUT2D eigenvalue weighted by molar-refractivity contribution is 14.0. The molecule has 0 amide bonds. The van der Waals surface area contributed by atoms with Crippen molar-refractivity contribution in [3.8, 4) is 5.75 Å². The fourth-order valence-corrected chi connectivity index (χ4v) is 3.05. The molecule has 1 saturated heterocycles. The number of aliphatic imine (C=N–C) groups is 1. The lowest BCUT2D eigenvalue weighted by Gasteiger charge is -2.29. The van der Waals surface area contributed by atoms with Crippen LogP contribution in [0.15, 0.2) is 29.3 Å². The number of ether oxygens (including phenoxy) is 1. The van der Waals surface area contributed by atoms with Crippen LogP contribution in [0.25, 0.3) is 0 Å². The van der Waals surface area contributed by atoms with E-state index in [-0.39, 0.29) is 41.6 Å². The van der Waals surface area contributed by atoms with Crippen molar-refractivity contribution in [2.24, 2.45) is 4.99 Å². The summed E-state index contributed by atoms with van der Waals surface area (Å²) in [6.07, 6.45) is 2.61. The molecule has 1 aliphatic rings. The van der Waals surface area contributed by atoms with E-state index in [9.17, 15) is 9.50 Å². The fraction of sp³-hybridized carbons (Fsp3) is 0.650. The van der Waals surface area contributed by atoms with Crippen molar-refractivity contribution in [3.05, 3.63) is 30.1 Å². The minimum absolute atomic E-state index is 0. The van der Waals surface area contributed by atoms with Crippen LogP contribution < -0.4 is 10.1 Å². The van der Waals surface area contributed by atoms with E-state index in [1.54, 1.807) is 18.2 Å². The van der Waals surface area contributed by atoms with Crippen LogP contribution in [0.4, 0.5) is 4.39 Å². The molecule has 6 nitrogen and oxygen atoms in total. The number of nitrogens with zero attached hydrogens (tertiary/aromatic N) is 3. The fourth-order valence-electron chi connectivity index (χ4n) is 3.05. The van der Waals surface area contributed by atoms with Crippen LogP contribution in [-0.4, -0.2) is 79.9 Å². The second-order valence-electron chi connectivity index (χ2n) is 6.86. The van der Waals surface area contributed by atoms with Gasteiger partial charge < -0.3 is 25.0 Å². The van der Waals surface area contributed by atoms with Crippen LogP contribution in [-0.2, 0) is 0 Å². The summed E-state index contributed by atoms with van der Waals surface area (Å²) in [6.45, 7) is 7.54. The van der Waals surface area contributed by atoms with Crippen molar-refractivity contribution in [1.29, 1.82) is 0 Å². The molecule has 0 atom stereocenters. The highest BCUT2D eigenvalue weighted by Gasteiger charge is 2.16. The molecule has 28 heavy (non-hydrogen) atoms. The molecule has 1 fully saturated rings. The Hall–Kier alpha value is -1.13. The molecule has 0 bridgehead atoms. The summed E-state index contributed by atoms with van der Waals surface area (Å²) in [5, 5.41) is 12.8. The Balaban J connectivity index is 0.00000392. The van der Waals surface area contributed by atoms with Gasteiger partial charge in [0, 0.05) is 33.2 Å². The normalized spacial score (nSPS) is 15.8. The van der Waals surface area contributed by atoms with Gasteiger partial charge in [-0.2, -0.15) is 0 Å². The van der Waals surface area contributed by atoms with E-state index in [1.807, 2.05) is 18.9 Å². The second kappa shape index (κ2) is 13.9. The van der Waals surface area contributed by atoms with Gasteiger partial charge in [0.15, 0.2) is 17.5 Å². The number of rotatable bonds is 9. The lowest BCUT2D eigenvalue weighted by Crippen LogP contribution is -2.41. The second-order valence-corrected chi connectivity index (χ2v) is 6.86. The zero-order valence-electron chi connectivity index (χ0n) is 16.9. The van der Waals surface area contributed by atoms with Crippen molar-refractivity contribution < 1.29 is 14.2 Å². The molecule has 0 aromatic heterocycles. The maximum Gasteiger partial charge on any atom is 0.193 e. The molecule has 2 N–H and O–H groups in total. The number of likely N-dealkylation sites (N-methyl/N-ethyl adjacent to an activating group) is 1. The van der Waals surface area contributed by atoms with Gasteiger partial charge in [-0.05, 0) is 44.9 Å². The average molecular weight is 508 g/mol. The van der Waals surface area contributed by atoms with E-state index in [0.29, 0.717) is 13.2 Å². The first-order chi connectivity index (χ1) is 13.1. The van der Waals surface area contributed by atoms with E-state index in [1.165, 1.54) is 6.07 Å². The molecule has 1 aliphatic heterocycles. The quantitative estimate of drug-likeness (QED) is 0.233. The zero-order valence-corrected chi connectivity index (χ0v) is 19.3. The number of nitrogens with one attached hydrogen (secondary N) is 1. The SMILES string of the molecule is CCNC(=NCCCN1CCC(O)CC1)N(C)CCOc1ccccc1F.I. The molecule has 0 spiro atoms. The van der Waals surface area contributed by atoms with E-state index in [2.05, 4.69) is 15.2 Å². The summed E-state index contributed by atoms with van der Waals surface area (Å²) < 4.78 is 19.1. The topological polar surface area (TPSA) is 60.3 Å². The Labute approximate surface area is 185 Å². The first kappa shape index (κ1) is 24.9. The maximum atomic E-state index is 13.6. The largest absolute Gasteiger partial charge is 0.489 e. The van der Waals surface area contributed by atoms with Crippen LogP contribution in [0.2, 0.25) is 0 Å². The molecule has 0 aliphatic carbocycles. The van der Waals surface area contributed by atoms with Gasteiger partial charge in [0.2, 0.25) is 0 Å². The van der Waals surface area contributed by atoms with Crippen molar-refractivity contribution in [1.82, 2.24) is 15.1 Å². The van der Waals surface area contributed by atoms with E-state index in [0.717, 1.165) is 57.9 Å². The zero-order chi connectivity index (χ0) is 19.5. The molecule has 0 unspecified atom stereocenters. The minimum atomic E-state index is -0.342. The van der Waals surface area contributed by atoms with Crippen molar-refractivity contribution >= 4 is 29.9 Å². The molecule has 0 radical (unpaired) electrons. The number of guanidine groups is 1. The third-order valence-corrected chi connectivity index (χ3v) is 4.67. The summed E-state index contributed by atoms with van der Waals surface area (Å²) in [5.74, 6) is 0.772. The van der Waals surface area contributed by atoms with Crippen LogP contribution in [0, 0.1) is 5.82 Å². The number of aliphatic hydroxyl groups is 1. The number of para-hydroxylation sites is 1. The number of benzene rings is 1. The van der Waals surface area contributed by atoms with Gasteiger partial charge in [0.25, 0.3) is 0 Å². The number of aliphatic hydroxyl groups excluding tert-OH is 1. The monoisotopic (exact) mass is 508 g/mol. The maximum absolute atomic E-state index is 13.6. The third kappa shape index (κ3) is 8.91. The van der Waals surface area contributed by atoms with Gasteiger partial charge in [-0.25, -0.2) is 4.39 Å². The molecule has 0 saturated carbocycles. The average Bonchev–Trinajstić information content (AvgIpc) is 2.67. The van der Waals surface area contributed by atoms with Gasteiger partial charge in [-0.15, -0.1) is 24.0 Å². The molecular formula is C20H34FIN4O2. The smallest absolute Gasteiger partial charge is 0.193 e. The Morgan fingerprint density at radius 3 is 2.75 bits per heavy atom. The Kier molecular flexibility index (Phi) is 12.4. The van der Waals surface area contributed by atoms with Crippen molar-refractivity contribution in [2.75, 3.05) is 52.9 Å². The van der Waals surface area contributed by atoms with Crippen LogP contribution in [0.1, 0.15) is 26.2 Å². The molecular weight excluding hydrogens is 474 g/mol. The highest BCUT2D eigenvalue weighted by Crippen LogP contribution is 2.15. The summed E-state index contributed by atoms with van der Waals surface area (Å²) in [7, 11) is 1.96. The summed E-state index contributed by atoms with van der Waals surface area (Å²) in [4.78, 5) is 9.07. The number of piperidine rings is 1. The number of halogens is 2. The number of hydrogen-bond acceptors (Lipinski definition) is 4. The van der Waals surface area contributed by atoms with Crippen LogP contribution in [0.3, 0.4) is 0 Å². The molecule has 1 heterocycles. The van der Waals surface area contributed by atoms with Gasteiger partial charge in [0.1, 0.15) is 6.61 Å². The standard InChI is InChI=1S/C20H33FN4O2.HI/c1-3-22-20(23-11-6-12-25-13-9-17(26)10-14-25)24(2)15-16-27-19-8-5-4-7-18(19)21;/h4-5,7-8,17,26H,3,6,9-16H2,1-2H3,(H,22,23);1H. The minimum Gasteiger partial charge on any atom is -0.489 e. The Morgan fingerprint density at radius 1 is 1.36 bits per heavy atom. The van der Waals surface area contributed by atoms with Gasteiger partial charge in [-0.3, -0.25) is 4.99 Å². The summed E-state index contributed by atoms with van der Waals surface area (Å²) in [5.41, 5.74) is 0. The van der Waals surface area contributed by atoms with Crippen molar-refractivity contribution in [2.45, 2.75) is 32.3 Å². The molecule has 2 rings (SSSR count). The summed E-state index contributed by atoms with van der Waals surface area (Å²) in [6, 6.07) is 6.44. The predicted octanol–water partition coefficient (Wildman–Crippen LogP) is 2.57. The van der Waals surface area contributed by atoms with E-state index in [4.69, 9.17) is 4.74 Å². The molecule has 1 aromatic rings. The van der Waals surface area contributed by atoms with Crippen LogP contribution >= 0.6 is 24.0 Å². The highest BCUT2D eigenvalue weighted by atomic mass is 127. The lowest BCUT2D eigenvalue weighted by atomic mass is 10.1. The van der Waals surface area contributed by atoms with Gasteiger partial charge >= 0.3 is 0 Å². The van der Waals surface area contributed by atoms with E-state index < -0.39 is 0 Å². The predicted molar refractivity (Wildman–Crippen MR) is 122 cm³/mol. The molecule has 160 valence electrons. The lowest BCUT2D eigenvalue weighted by molar-refractivity contribution is 0.0824. The van der Waals surface area contributed by atoms with E-state index >= 15 is 0 Å².